The van der Waals surface area contributed by atoms with Crippen LogP contribution in [0.3, 0.4) is 0 Å². The molecule has 0 unspecified atom stereocenters. The molecule has 7 heteroatoms. The van der Waals surface area contributed by atoms with Gasteiger partial charge in [0.05, 0.1) is 17.5 Å². The minimum Gasteiger partial charge on any atom is -0.312 e. The smallest absolute Gasteiger partial charge is 0.268 e. The number of H-pyrrole nitrogens is 1. The number of aryl methyl sites for hydroxylation is 1. The summed E-state index contributed by atoms with van der Waals surface area (Å²) < 4.78 is 0.619. The van der Waals surface area contributed by atoms with Gasteiger partial charge in [-0.05, 0) is 53.1 Å². The van der Waals surface area contributed by atoms with E-state index in [9.17, 15) is 4.79 Å². The summed E-state index contributed by atoms with van der Waals surface area (Å²) >= 11 is 9.34. The van der Waals surface area contributed by atoms with E-state index in [1.807, 2.05) is 24.3 Å². The van der Waals surface area contributed by atoms with Gasteiger partial charge in [0, 0.05) is 20.8 Å². The van der Waals surface area contributed by atoms with Gasteiger partial charge in [0.1, 0.15) is 9.53 Å². The van der Waals surface area contributed by atoms with Crippen LogP contribution >= 0.6 is 34.3 Å². The number of aromatic amines is 1. The molecule has 0 aliphatic heterocycles. The van der Waals surface area contributed by atoms with Crippen LogP contribution in [-0.4, -0.2) is 15.0 Å². The zero-order valence-electron chi connectivity index (χ0n) is 14.5. The highest BCUT2D eigenvalue weighted by Crippen LogP contribution is 2.46. The van der Waals surface area contributed by atoms with Crippen molar-refractivity contribution < 1.29 is 0 Å². The third-order valence-electron chi connectivity index (χ3n) is 5.25. The summed E-state index contributed by atoms with van der Waals surface area (Å²) in [6.07, 6.45) is 3.40. The second-order valence-electron chi connectivity index (χ2n) is 6.77. The van der Waals surface area contributed by atoms with Gasteiger partial charge in [0.15, 0.2) is 0 Å². The number of hydrogen-bond donors (Lipinski definition) is 1. The van der Waals surface area contributed by atoms with Gasteiger partial charge in [-0.1, -0.05) is 23.7 Å². The molecule has 1 aliphatic carbocycles. The lowest BCUT2D eigenvalue weighted by atomic mass is 9.87. The van der Waals surface area contributed by atoms with Crippen molar-refractivity contribution in [3.05, 3.63) is 67.9 Å². The van der Waals surface area contributed by atoms with E-state index in [0.29, 0.717) is 9.72 Å². The number of hydrogen-bond acceptors (Lipinski definition) is 5. The second kappa shape index (κ2) is 5.98. The zero-order valence-corrected chi connectivity index (χ0v) is 16.8. The van der Waals surface area contributed by atoms with Crippen molar-refractivity contribution in [2.45, 2.75) is 12.8 Å². The largest absolute Gasteiger partial charge is 0.312 e. The van der Waals surface area contributed by atoms with E-state index in [-0.39, 0.29) is 5.56 Å². The van der Waals surface area contributed by atoms with Crippen molar-refractivity contribution >= 4 is 54.7 Å². The monoisotopic (exact) mass is 421 g/mol. The number of benzene rings is 1. The van der Waals surface area contributed by atoms with Crippen LogP contribution < -0.4 is 5.56 Å². The fourth-order valence-corrected chi connectivity index (χ4v) is 6.08. The molecule has 0 atom stereocenters. The van der Waals surface area contributed by atoms with Crippen molar-refractivity contribution in [2.75, 3.05) is 0 Å². The molecule has 1 aromatic carbocycles. The van der Waals surface area contributed by atoms with Gasteiger partial charge in [-0.15, -0.1) is 22.7 Å². The average Bonchev–Trinajstić information content (AvgIpc) is 3.32. The Balaban J connectivity index is 1.83. The first-order valence-corrected chi connectivity index (χ1v) is 10.9. The van der Waals surface area contributed by atoms with Crippen LogP contribution in [-0.2, 0) is 12.8 Å². The van der Waals surface area contributed by atoms with Gasteiger partial charge in [-0.25, -0.2) is 9.97 Å². The van der Waals surface area contributed by atoms with Crippen molar-refractivity contribution in [2.24, 2.45) is 0 Å². The van der Waals surface area contributed by atoms with Crippen LogP contribution in [0.25, 0.3) is 42.8 Å². The molecule has 4 heterocycles. The summed E-state index contributed by atoms with van der Waals surface area (Å²) in [7, 11) is 0. The molecule has 0 spiro atoms. The summed E-state index contributed by atoms with van der Waals surface area (Å²) in [5, 5.41) is 3.80. The highest BCUT2D eigenvalue weighted by molar-refractivity contribution is 7.25. The molecule has 1 N–H and O–H groups in total. The predicted molar refractivity (Wildman–Crippen MR) is 117 cm³/mol. The standard InChI is InChI=1S/C21H12ClN3OS2/c22-11-3-1-10(2-4-11)15-13-5-6-14-12(7-8-27-14)17(13)25-21-16(15)18-19(28-21)20(26)24-9-23-18/h1-4,7-9H,5-6H2,(H,23,24,26). The Kier molecular flexibility index (Phi) is 3.50. The first-order valence-electron chi connectivity index (χ1n) is 8.86. The maximum Gasteiger partial charge on any atom is 0.268 e. The molecular formula is C21H12ClN3OS2. The van der Waals surface area contributed by atoms with Crippen molar-refractivity contribution in [3.63, 3.8) is 0 Å². The summed E-state index contributed by atoms with van der Waals surface area (Å²) in [6, 6.07) is 10.0. The Morgan fingerprint density at radius 2 is 1.96 bits per heavy atom. The predicted octanol–water partition coefficient (Wildman–Crippen LogP) is 5.68. The first kappa shape index (κ1) is 16.4. The van der Waals surface area contributed by atoms with E-state index in [1.165, 1.54) is 33.7 Å². The minimum atomic E-state index is -0.121. The van der Waals surface area contributed by atoms with E-state index in [1.54, 1.807) is 11.3 Å². The normalized spacial score (nSPS) is 13.0. The fourth-order valence-electron chi connectivity index (χ4n) is 4.04. The zero-order chi connectivity index (χ0) is 18.8. The molecule has 4 nitrogen and oxygen atoms in total. The maximum absolute atomic E-state index is 12.4. The highest BCUT2D eigenvalue weighted by atomic mass is 35.5. The molecule has 0 radical (unpaired) electrons. The number of thiophene rings is 2. The van der Waals surface area contributed by atoms with Crippen LogP contribution in [0.5, 0.6) is 0 Å². The van der Waals surface area contributed by atoms with E-state index in [0.717, 1.165) is 45.4 Å². The molecule has 28 heavy (non-hydrogen) atoms. The van der Waals surface area contributed by atoms with Crippen LogP contribution in [0.1, 0.15) is 10.4 Å². The van der Waals surface area contributed by atoms with Gasteiger partial charge in [-0.3, -0.25) is 4.79 Å². The van der Waals surface area contributed by atoms with Gasteiger partial charge in [-0.2, -0.15) is 0 Å². The first-order chi connectivity index (χ1) is 13.7. The number of rotatable bonds is 1. The lowest BCUT2D eigenvalue weighted by Gasteiger charge is -2.20. The SMILES string of the molecule is O=c1[nH]cnc2c1sc1nc3c(c(-c4ccc(Cl)cc4)c12)CCc1sccc1-3. The molecule has 5 aromatic rings. The van der Waals surface area contributed by atoms with E-state index in [4.69, 9.17) is 16.6 Å². The van der Waals surface area contributed by atoms with Crippen LogP contribution in [0.2, 0.25) is 5.02 Å². The van der Waals surface area contributed by atoms with Crippen molar-refractivity contribution in [1.29, 1.82) is 0 Å². The maximum atomic E-state index is 12.4. The molecule has 6 rings (SSSR count). The molecule has 0 amide bonds. The topological polar surface area (TPSA) is 58.6 Å². The Hall–Kier alpha value is -2.54. The molecule has 136 valence electrons. The lowest BCUT2D eigenvalue weighted by molar-refractivity contribution is 0.957. The van der Waals surface area contributed by atoms with E-state index in [2.05, 4.69) is 21.4 Å². The molecule has 0 saturated carbocycles. The third-order valence-corrected chi connectivity index (χ3v) is 7.55. The van der Waals surface area contributed by atoms with Gasteiger partial charge in [0.25, 0.3) is 5.56 Å². The summed E-state index contributed by atoms with van der Waals surface area (Å²) in [6.45, 7) is 0. The highest BCUT2D eigenvalue weighted by Gasteiger charge is 2.26. The Labute approximate surface area is 172 Å². The van der Waals surface area contributed by atoms with Crippen LogP contribution in [0.4, 0.5) is 0 Å². The Morgan fingerprint density at radius 1 is 1.11 bits per heavy atom. The van der Waals surface area contributed by atoms with Gasteiger partial charge in [0.2, 0.25) is 0 Å². The van der Waals surface area contributed by atoms with Crippen molar-refractivity contribution in [1.82, 2.24) is 15.0 Å². The number of aromatic nitrogens is 3. The van der Waals surface area contributed by atoms with E-state index >= 15 is 0 Å². The summed E-state index contributed by atoms with van der Waals surface area (Å²) in [5.74, 6) is 0. The van der Waals surface area contributed by atoms with Crippen molar-refractivity contribution in [3.8, 4) is 22.4 Å². The molecule has 0 fully saturated rings. The number of halogens is 1. The lowest BCUT2D eigenvalue weighted by Crippen LogP contribution is -2.06. The molecule has 1 aliphatic rings. The van der Waals surface area contributed by atoms with E-state index < -0.39 is 0 Å². The summed E-state index contributed by atoms with van der Waals surface area (Å²) in [5.41, 5.74) is 6.27. The number of nitrogens with zero attached hydrogens (tertiary/aromatic N) is 2. The average molecular weight is 422 g/mol. The Bertz CT molecular complexity index is 1450. The molecule has 4 aromatic heterocycles. The second-order valence-corrected chi connectivity index (χ2v) is 9.21. The quantitative estimate of drug-likeness (QED) is 0.378. The molecule has 0 bridgehead atoms. The Morgan fingerprint density at radius 3 is 2.82 bits per heavy atom. The summed E-state index contributed by atoms with van der Waals surface area (Å²) in [4.78, 5) is 26.8. The van der Waals surface area contributed by atoms with Gasteiger partial charge < -0.3 is 4.98 Å². The number of nitrogens with one attached hydrogen (secondary N) is 1. The van der Waals surface area contributed by atoms with Gasteiger partial charge >= 0.3 is 0 Å². The molecular weight excluding hydrogens is 410 g/mol. The number of pyridine rings is 1. The molecule has 0 saturated heterocycles. The third kappa shape index (κ3) is 2.25. The van der Waals surface area contributed by atoms with Crippen LogP contribution in [0, 0.1) is 0 Å². The van der Waals surface area contributed by atoms with Crippen LogP contribution in [0.15, 0.2) is 46.8 Å². The fraction of sp³-hybridized carbons (Fsp3) is 0.0952. The number of fused-ring (bicyclic) bond motifs is 6. The minimum absolute atomic E-state index is 0.121.